The third kappa shape index (κ3) is 4.52. The number of carbonyl (C=O) groups excluding carboxylic acids is 3. The average molecular weight is 500 g/mol. The lowest BCUT2D eigenvalue weighted by atomic mass is 10.0. The molecule has 0 spiro atoms. The first-order valence-electron chi connectivity index (χ1n) is 12.1. The highest BCUT2D eigenvalue weighted by Crippen LogP contribution is 2.35. The summed E-state index contributed by atoms with van der Waals surface area (Å²) in [5, 5.41) is 2.85. The predicted molar refractivity (Wildman–Crippen MR) is 135 cm³/mol. The molecule has 1 N–H and O–H groups in total. The molecule has 1 aromatic carbocycles. The maximum absolute atomic E-state index is 12.9. The molecule has 2 aromatic heterocycles. The van der Waals surface area contributed by atoms with Gasteiger partial charge in [-0.25, -0.2) is 0 Å². The van der Waals surface area contributed by atoms with E-state index >= 15 is 0 Å². The molecule has 2 saturated heterocycles. The van der Waals surface area contributed by atoms with Gasteiger partial charge in [-0.15, -0.1) is 11.8 Å². The van der Waals surface area contributed by atoms with E-state index in [-0.39, 0.29) is 24.1 Å². The van der Waals surface area contributed by atoms with Gasteiger partial charge in [0.15, 0.2) is 0 Å². The van der Waals surface area contributed by atoms with Gasteiger partial charge >= 0.3 is 0 Å². The van der Waals surface area contributed by atoms with Crippen LogP contribution < -0.4 is 5.32 Å². The molecular weight excluding hydrogens is 474 g/mol. The van der Waals surface area contributed by atoms with Crippen molar-refractivity contribution >= 4 is 29.5 Å². The topological polar surface area (TPSA) is 95.5 Å². The monoisotopic (exact) mass is 499 g/mol. The lowest BCUT2D eigenvalue weighted by molar-refractivity contribution is -0.136. The zero-order valence-corrected chi connectivity index (χ0v) is 20.4. The Bertz CT molecular complexity index is 1320. The molecular formula is C27H25N5O3S. The van der Waals surface area contributed by atoms with Crippen molar-refractivity contribution in [3.63, 3.8) is 0 Å². The standard InChI is InChI=1S/C27H25N5O3S/c33-25-6-5-24(26(34)30-25)32-14-19-11-20(2-3-22(19)27(32)35)36-21-15-31(16-21)13-17-1-4-23(29-12-17)18-7-9-28-10-8-18/h1-4,7-12,21,24H,5-6,13-16H2,(H,30,33,34). The van der Waals surface area contributed by atoms with Crippen LogP contribution >= 0.6 is 11.8 Å². The zero-order chi connectivity index (χ0) is 24.6. The van der Waals surface area contributed by atoms with Crippen molar-refractivity contribution in [1.29, 1.82) is 0 Å². The summed E-state index contributed by atoms with van der Waals surface area (Å²) < 4.78 is 0. The van der Waals surface area contributed by atoms with Crippen LogP contribution in [0.4, 0.5) is 0 Å². The average Bonchev–Trinajstić information content (AvgIpc) is 3.19. The smallest absolute Gasteiger partial charge is 0.255 e. The number of hydrogen-bond acceptors (Lipinski definition) is 7. The summed E-state index contributed by atoms with van der Waals surface area (Å²) in [4.78, 5) is 50.4. The number of imide groups is 1. The van der Waals surface area contributed by atoms with Gasteiger partial charge in [-0.2, -0.15) is 0 Å². The van der Waals surface area contributed by atoms with Gasteiger partial charge in [0.05, 0.1) is 5.69 Å². The van der Waals surface area contributed by atoms with E-state index in [4.69, 9.17) is 0 Å². The van der Waals surface area contributed by atoms with E-state index in [0.29, 0.717) is 23.8 Å². The number of benzene rings is 1. The Labute approximate surface area is 213 Å². The second kappa shape index (κ2) is 9.48. The molecule has 0 radical (unpaired) electrons. The van der Waals surface area contributed by atoms with Crippen molar-refractivity contribution in [3.8, 4) is 11.3 Å². The van der Waals surface area contributed by atoms with Gasteiger partial charge in [-0.05, 0) is 53.9 Å². The second-order valence-corrected chi connectivity index (χ2v) is 10.8. The Balaban J connectivity index is 1.02. The molecule has 8 nitrogen and oxygen atoms in total. The molecule has 0 saturated carbocycles. The SMILES string of the molecule is O=C1CCC(N2Cc3cc(SC4CN(Cc5ccc(-c6ccncc6)nc5)C4)ccc3C2=O)C(=O)N1. The highest BCUT2D eigenvalue weighted by Gasteiger charge is 2.39. The van der Waals surface area contributed by atoms with Gasteiger partial charge in [0.25, 0.3) is 5.91 Å². The number of pyridine rings is 2. The van der Waals surface area contributed by atoms with Crippen LogP contribution in [-0.2, 0) is 22.7 Å². The molecule has 3 aliphatic heterocycles. The van der Waals surface area contributed by atoms with Crippen molar-refractivity contribution in [3.05, 3.63) is 77.7 Å². The van der Waals surface area contributed by atoms with Crippen molar-refractivity contribution in [2.45, 2.75) is 42.1 Å². The van der Waals surface area contributed by atoms with E-state index in [2.05, 4.69) is 38.4 Å². The van der Waals surface area contributed by atoms with Crippen molar-refractivity contribution < 1.29 is 14.4 Å². The van der Waals surface area contributed by atoms with Crippen LogP contribution in [0, 0.1) is 0 Å². The number of piperidine rings is 1. The normalized spacial score (nSPS) is 20.3. The van der Waals surface area contributed by atoms with Crippen LogP contribution in [0.15, 0.2) is 66.0 Å². The summed E-state index contributed by atoms with van der Waals surface area (Å²) in [6.07, 6.45) is 6.14. The highest BCUT2D eigenvalue weighted by molar-refractivity contribution is 8.00. The maximum Gasteiger partial charge on any atom is 0.255 e. The summed E-state index contributed by atoms with van der Waals surface area (Å²) in [6, 6.07) is 13.5. The third-order valence-electron chi connectivity index (χ3n) is 6.93. The molecule has 0 bridgehead atoms. The molecule has 1 atom stereocenters. The third-order valence-corrected chi connectivity index (χ3v) is 8.09. The molecule has 9 heteroatoms. The molecule has 3 aromatic rings. The highest BCUT2D eigenvalue weighted by atomic mass is 32.2. The number of likely N-dealkylation sites (tertiary alicyclic amines) is 1. The van der Waals surface area contributed by atoms with E-state index in [0.717, 1.165) is 41.4 Å². The van der Waals surface area contributed by atoms with Crippen LogP contribution in [0.1, 0.15) is 34.3 Å². The summed E-state index contributed by atoms with van der Waals surface area (Å²) in [6.45, 7) is 3.28. The van der Waals surface area contributed by atoms with E-state index in [1.807, 2.05) is 42.2 Å². The van der Waals surface area contributed by atoms with Crippen LogP contribution in [0.25, 0.3) is 11.3 Å². The summed E-state index contributed by atoms with van der Waals surface area (Å²) in [5.74, 6) is -0.778. The molecule has 182 valence electrons. The number of fused-ring (bicyclic) bond motifs is 1. The molecule has 0 aliphatic carbocycles. The van der Waals surface area contributed by atoms with Gasteiger partial charge in [0.1, 0.15) is 6.04 Å². The lowest BCUT2D eigenvalue weighted by Gasteiger charge is -2.38. The predicted octanol–water partition coefficient (Wildman–Crippen LogP) is 2.88. The quantitative estimate of drug-likeness (QED) is 0.521. The van der Waals surface area contributed by atoms with E-state index < -0.39 is 6.04 Å². The molecule has 36 heavy (non-hydrogen) atoms. The summed E-state index contributed by atoms with van der Waals surface area (Å²) >= 11 is 1.83. The Morgan fingerprint density at radius 2 is 1.86 bits per heavy atom. The minimum atomic E-state index is -0.577. The molecule has 1 unspecified atom stereocenters. The minimum absolute atomic E-state index is 0.130. The Morgan fingerprint density at radius 1 is 1.03 bits per heavy atom. The first kappa shape index (κ1) is 22.9. The second-order valence-electron chi connectivity index (χ2n) is 9.44. The minimum Gasteiger partial charge on any atom is -0.322 e. The summed E-state index contributed by atoms with van der Waals surface area (Å²) in [7, 11) is 0. The number of nitrogens with zero attached hydrogens (tertiary/aromatic N) is 4. The van der Waals surface area contributed by atoms with E-state index in [9.17, 15) is 14.4 Å². The van der Waals surface area contributed by atoms with Crippen molar-refractivity contribution in [2.24, 2.45) is 0 Å². The maximum atomic E-state index is 12.9. The van der Waals surface area contributed by atoms with Gasteiger partial charge in [0.2, 0.25) is 11.8 Å². The molecule has 2 fully saturated rings. The zero-order valence-electron chi connectivity index (χ0n) is 19.6. The first-order valence-corrected chi connectivity index (χ1v) is 12.9. The van der Waals surface area contributed by atoms with Crippen LogP contribution in [0.2, 0.25) is 0 Å². The van der Waals surface area contributed by atoms with Crippen molar-refractivity contribution in [1.82, 2.24) is 25.1 Å². The molecule has 6 rings (SSSR count). The van der Waals surface area contributed by atoms with Gasteiger partial charge in [-0.1, -0.05) is 6.07 Å². The molecule has 3 amide bonds. The number of hydrogen-bond donors (Lipinski definition) is 1. The van der Waals surface area contributed by atoms with Crippen molar-refractivity contribution in [2.75, 3.05) is 13.1 Å². The van der Waals surface area contributed by atoms with Gasteiger partial charge in [-0.3, -0.25) is 34.6 Å². The molecule has 3 aliphatic rings. The molecule has 5 heterocycles. The fraction of sp³-hybridized carbons (Fsp3) is 0.296. The van der Waals surface area contributed by atoms with E-state index in [1.54, 1.807) is 17.3 Å². The Morgan fingerprint density at radius 3 is 2.61 bits per heavy atom. The number of amides is 3. The van der Waals surface area contributed by atoms with Crippen LogP contribution in [-0.4, -0.2) is 61.9 Å². The Kier molecular flexibility index (Phi) is 6.02. The number of carbonyl (C=O) groups is 3. The lowest BCUT2D eigenvalue weighted by Crippen LogP contribution is -2.52. The van der Waals surface area contributed by atoms with Gasteiger partial charge in [0, 0.05) is 72.5 Å². The Hall–Kier alpha value is -3.56. The largest absolute Gasteiger partial charge is 0.322 e. The fourth-order valence-electron chi connectivity index (χ4n) is 5.01. The summed E-state index contributed by atoms with van der Waals surface area (Å²) in [5.41, 5.74) is 4.81. The fourth-order valence-corrected chi connectivity index (χ4v) is 6.32. The van der Waals surface area contributed by atoms with Gasteiger partial charge < -0.3 is 4.90 Å². The number of rotatable bonds is 6. The van der Waals surface area contributed by atoms with E-state index in [1.165, 1.54) is 5.56 Å². The van der Waals surface area contributed by atoms with Crippen LogP contribution in [0.3, 0.4) is 0 Å². The first-order chi connectivity index (χ1) is 17.5. The van der Waals surface area contributed by atoms with Crippen LogP contribution in [0.5, 0.6) is 0 Å². The number of thioether (sulfide) groups is 1. The number of nitrogens with one attached hydrogen (secondary N) is 1. The number of aromatic nitrogens is 2.